The molecule has 0 fully saturated rings. The molecule has 2 rings (SSSR count). The number of aromatic hydroxyl groups is 1. The summed E-state index contributed by atoms with van der Waals surface area (Å²) in [5.74, 6) is -0.519. The van der Waals surface area contributed by atoms with Crippen LogP contribution in [0.3, 0.4) is 0 Å². The van der Waals surface area contributed by atoms with Gasteiger partial charge in [-0.05, 0) is 30.7 Å². The second-order valence-corrected chi connectivity index (χ2v) is 4.84. The maximum Gasteiger partial charge on any atom is 0.275 e. The molecular weight excluding hydrogens is 288 g/mol. The summed E-state index contributed by atoms with van der Waals surface area (Å²) in [4.78, 5) is 11.9. The molecule has 0 spiro atoms. The molecule has 0 atom stereocenters. The molecule has 2 N–H and O–H groups in total. The molecule has 4 nitrogen and oxygen atoms in total. The highest BCUT2D eigenvalue weighted by atomic mass is 16.3. The van der Waals surface area contributed by atoms with Crippen LogP contribution in [0.5, 0.6) is 5.75 Å². The standard InChI is InChI=1S/C19H18N2O2/c1-15(9-5-6-12-16-10-3-2-4-11-16)20-21-19(23)17-13-7-8-14-18(17)22/h2-14,22H,1H3,(H,21,23)/b9-5+,12-6+,20-15-. The van der Waals surface area contributed by atoms with Crippen molar-refractivity contribution in [3.05, 3.63) is 84.0 Å². The van der Waals surface area contributed by atoms with Crippen molar-refractivity contribution >= 4 is 17.7 Å². The Kier molecular flexibility index (Phi) is 5.89. The first-order chi connectivity index (χ1) is 11.2. The molecule has 0 aromatic heterocycles. The van der Waals surface area contributed by atoms with Gasteiger partial charge in [0.1, 0.15) is 5.75 Å². The maximum atomic E-state index is 11.9. The molecular formula is C19H18N2O2. The molecule has 0 radical (unpaired) electrons. The van der Waals surface area contributed by atoms with Crippen molar-refractivity contribution in [2.45, 2.75) is 6.92 Å². The third-order valence-corrected chi connectivity index (χ3v) is 3.02. The van der Waals surface area contributed by atoms with Gasteiger partial charge >= 0.3 is 0 Å². The monoisotopic (exact) mass is 306 g/mol. The summed E-state index contributed by atoms with van der Waals surface area (Å²) in [7, 11) is 0. The Hall–Kier alpha value is -3.14. The number of nitrogens with one attached hydrogen (secondary N) is 1. The topological polar surface area (TPSA) is 61.7 Å². The lowest BCUT2D eigenvalue weighted by atomic mass is 10.2. The summed E-state index contributed by atoms with van der Waals surface area (Å²) in [6, 6.07) is 16.3. The first-order valence-electron chi connectivity index (χ1n) is 7.19. The van der Waals surface area contributed by atoms with Crippen LogP contribution in [0.15, 0.2) is 77.9 Å². The van der Waals surface area contributed by atoms with Crippen LogP contribution in [0.1, 0.15) is 22.8 Å². The quantitative estimate of drug-likeness (QED) is 0.502. The van der Waals surface area contributed by atoms with E-state index in [1.165, 1.54) is 12.1 Å². The SMILES string of the molecule is CC(/C=C/C=C/c1ccccc1)=N/NC(=O)c1ccccc1O. The largest absolute Gasteiger partial charge is 0.507 e. The molecule has 0 heterocycles. The van der Waals surface area contributed by atoms with Gasteiger partial charge < -0.3 is 5.11 Å². The number of amides is 1. The van der Waals surface area contributed by atoms with Crippen molar-refractivity contribution in [2.75, 3.05) is 0 Å². The lowest BCUT2D eigenvalue weighted by molar-refractivity contribution is 0.0952. The van der Waals surface area contributed by atoms with E-state index in [1.54, 1.807) is 25.1 Å². The van der Waals surface area contributed by atoms with E-state index in [0.717, 1.165) is 5.56 Å². The highest BCUT2D eigenvalue weighted by Gasteiger charge is 2.08. The number of phenolic OH excluding ortho intramolecular Hbond substituents is 1. The van der Waals surface area contributed by atoms with Crippen molar-refractivity contribution in [1.29, 1.82) is 0 Å². The van der Waals surface area contributed by atoms with Crippen LogP contribution in [0.25, 0.3) is 6.08 Å². The number of phenols is 1. The smallest absolute Gasteiger partial charge is 0.275 e. The van der Waals surface area contributed by atoms with E-state index in [1.807, 2.05) is 48.6 Å². The maximum absolute atomic E-state index is 11.9. The molecule has 2 aromatic rings. The van der Waals surface area contributed by atoms with Gasteiger partial charge in [-0.2, -0.15) is 5.10 Å². The van der Waals surface area contributed by atoms with Gasteiger partial charge in [0.15, 0.2) is 0 Å². The van der Waals surface area contributed by atoms with E-state index >= 15 is 0 Å². The Labute approximate surface area is 135 Å². The number of para-hydroxylation sites is 1. The van der Waals surface area contributed by atoms with Gasteiger partial charge in [-0.25, -0.2) is 5.43 Å². The Bertz CT molecular complexity index is 747. The molecule has 116 valence electrons. The predicted octanol–water partition coefficient (Wildman–Crippen LogP) is 3.77. The number of benzene rings is 2. The fraction of sp³-hybridized carbons (Fsp3) is 0.0526. The molecule has 1 amide bonds. The fourth-order valence-corrected chi connectivity index (χ4v) is 1.83. The number of rotatable bonds is 5. The zero-order chi connectivity index (χ0) is 16.5. The number of hydrogen-bond acceptors (Lipinski definition) is 3. The Morgan fingerprint density at radius 2 is 1.74 bits per heavy atom. The predicted molar refractivity (Wildman–Crippen MR) is 93.3 cm³/mol. The Morgan fingerprint density at radius 1 is 1.04 bits per heavy atom. The van der Waals surface area contributed by atoms with E-state index in [4.69, 9.17) is 0 Å². The third kappa shape index (κ3) is 5.28. The first-order valence-corrected chi connectivity index (χ1v) is 7.19. The van der Waals surface area contributed by atoms with Crippen molar-refractivity contribution in [3.8, 4) is 5.75 Å². The molecule has 0 aliphatic carbocycles. The minimum atomic E-state index is -0.448. The van der Waals surface area contributed by atoms with Crippen LogP contribution in [-0.4, -0.2) is 16.7 Å². The summed E-state index contributed by atoms with van der Waals surface area (Å²) in [5, 5.41) is 13.6. The first kappa shape index (κ1) is 16.2. The van der Waals surface area contributed by atoms with E-state index in [2.05, 4.69) is 10.5 Å². The summed E-state index contributed by atoms with van der Waals surface area (Å²) in [6.07, 6.45) is 7.51. The van der Waals surface area contributed by atoms with Crippen LogP contribution in [-0.2, 0) is 0 Å². The van der Waals surface area contributed by atoms with Gasteiger partial charge in [0, 0.05) is 0 Å². The number of hydrazone groups is 1. The van der Waals surface area contributed by atoms with Gasteiger partial charge in [0.05, 0.1) is 11.3 Å². The van der Waals surface area contributed by atoms with Crippen molar-refractivity contribution in [3.63, 3.8) is 0 Å². The molecule has 0 bridgehead atoms. The number of nitrogens with zero attached hydrogens (tertiary/aromatic N) is 1. The van der Waals surface area contributed by atoms with Crippen LogP contribution in [0, 0.1) is 0 Å². The minimum absolute atomic E-state index is 0.0702. The molecule has 0 unspecified atom stereocenters. The minimum Gasteiger partial charge on any atom is -0.507 e. The Morgan fingerprint density at radius 3 is 2.48 bits per heavy atom. The van der Waals surface area contributed by atoms with Gasteiger partial charge in [-0.1, -0.05) is 60.7 Å². The lowest BCUT2D eigenvalue weighted by Crippen LogP contribution is -2.18. The highest BCUT2D eigenvalue weighted by molar-refractivity contribution is 5.99. The molecule has 0 saturated carbocycles. The fourth-order valence-electron chi connectivity index (χ4n) is 1.83. The summed E-state index contributed by atoms with van der Waals surface area (Å²) in [6.45, 7) is 1.78. The summed E-state index contributed by atoms with van der Waals surface area (Å²) in [5.41, 5.74) is 4.36. The van der Waals surface area contributed by atoms with Crippen molar-refractivity contribution < 1.29 is 9.90 Å². The van der Waals surface area contributed by atoms with Crippen LogP contribution in [0.2, 0.25) is 0 Å². The van der Waals surface area contributed by atoms with Crippen molar-refractivity contribution in [1.82, 2.24) is 5.43 Å². The molecule has 4 heteroatoms. The molecule has 0 aliphatic heterocycles. The van der Waals surface area contributed by atoms with Crippen LogP contribution >= 0.6 is 0 Å². The van der Waals surface area contributed by atoms with Crippen LogP contribution in [0.4, 0.5) is 0 Å². The zero-order valence-corrected chi connectivity index (χ0v) is 12.8. The summed E-state index contributed by atoms with van der Waals surface area (Å²) < 4.78 is 0. The summed E-state index contributed by atoms with van der Waals surface area (Å²) >= 11 is 0. The average Bonchev–Trinajstić information content (AvgIpc) is 2.58. The average molecular weight is 306 g/mol. The van der Waals surface area contributed by atoms with E-state index in [0.29, 0.717) is 5.71 Å². The van der Waals surface area contributed by atoms with Crippen LogP contribution < -0.4 is 5.43 Å². The third-order valence-electron chi connectivity index (χ3n) is 3.02. The zero-order valence-electron chi connectivity index (χ0n) is 12.8. The highest BCUT2D eigenvalue weighted by Crippen LogP contribution is 2.14. The second kappa shape index (κ2) is 8.34. The molecule has 2 aromatic carbocycles. The number of hydrogen-bond donors (Lipinski definition) is 2. The number of carbonyl (C=O) groups is 1. The van der Waals surface area contributed by atoms with Gasteiger partial charge in [-0.3, -0.25) is 4.79 Å². The van der Waals surface area contributed by atoms with E-state index in [9.17, 15) is 9.90 Å². The lowest BCUT2D eigenvalue weighted by Gasteiger charge is -2.02. The second-order valence-electron chi connectivity index (χ2n) is 4.84. The van der Waals surface area contributed by atoms with E-state index < -0.39 is 5.91 Å². The van der Waals surface area contributed by atoms with Gasteiger partial charge in [0.2, 0.25) is 0 Å². The molecule has 23 heavy (non-hydrogen) atoms. The van der Waals surface area contributed by atoms with Gasteiger partial charge in [-0.15, -0.1) is 0 Å². The van der Waals surface area contributed by atoms with Crippen molar-refractivity contribution in [2.24, 2.45) is 5.10 Å². The normalized spacial score (nSPS) is 12.0. The molecule has 0 aliphatic rings. The van der Waals surface area contributed by atoms with Gasteiger partial charge in [0.25, 0.3) is 5.91 Å². The number of allylic oxidation sites excluding steroid dienone is 3. The Balaban J connectivity index is 1.90. The van der Waals surface area contributed by atoms with E-state index in [-0.39, 0.29) is 11.3 Å². The molecule has 0 saturated heterocycles. The number of carbonyl (C=O) groups excluding carboxylic acids is 1.